The van der Waals surface area contributed by atoms with Gasteiger partial charge in [-0.05, 0) is 48.8 Å². The van der Waals surface area contributed by atoms with E-state index in [-0.39, 0.29) is 5.91 Å². The van der Waals surface area contributed by atoms with E-state index in [1.165, 1.54) is 40.6 Å². The molecule has 7 heteroatoms. The van der Waals surface area contributed by atoms with Crippen LogP contribution in [0.1, 0.15) is 40.7 Å². The van der Waals surface area contributed by atoms with Crippen LogP contribution in [0.2, 0.25) is 0 Å². The Morgan fingerprint density at radius 2 is 2.11 bits per heavy atom. The second kappa shape index (κ2) is 8.92. The molecule has 0 atom stereocenters. The molecule has 1 aliphatic carbocycles. The molecule has 1 saturated carbocycles. The molecular weight excluding hydrogens is 388 g/mol. The van der Waals surface area contributed by atoms with E-state index in [9.17, 15) is 4.79 Å². The van der Waals surface area contributed by atoms with Crippen molar-refractivity contribution in [2.24, 2.45) is 0 Å². The normalized spacial score (nSPS) is 13.6. The first kappa shape index (κ1) is 19.2. The Balaban J connectivity index is 1.30. The fourth-order valence-corrected chi connectivity index (χ4v) is 4.76. The number of nitrogens with zero attached hydrogens (tertiary/aromatic N) is 3. The molecule has 5 nitrogen and oxygen atoms in total. The Kier molecular flexibility index (Phi) is 6.12. The van der Waals surface area contributed by atoms with Crippen LogP contribution in [0.3, 0.4) is 0 Å². The van der Waals surface area contributed by atoms with Gasteiger partial charge in [0.15, 0.2) is 5.16 Å². The summed E-state index contributed by atoms with van der Waals surface area (Å²) in [6, 6.07) is 13.0. The summed E-state index contributed by atoms with van der Waals surface area (Å²) in [6.45, 7) is 2.76. The lowest BCUT2D eigenvalue weighted by Crippen LogP contribution is -2.27. The summed E-state index contributed by atoms with van der Waals surface area (Å²) in [4.78, 5) is 13.6. The van der Waals surface area contributed by atoms with Crippen LogP contribution >= 0.6 is 23.1 Å². The van der Waals surface area contributed by atoms with Gasteiger partial charge in [-0.15, -0.1) is 21.5 Å². The maximum absolute atomic E-state index is 12.3. The number of aromatic nitrogens is 3. The Labute approximate surface area is 173 Å². The number of amides is 1. The monoisotopic (exact) mass is 412 g/mol. The summed E-state index contributed by atoms with van der Waals surface area (Å²) in [5, 5.41) is 14.8. The van der Waals surface area contributed by atoms with Crippen LogP contribution < -0.4 is 5.32 Å². The van der Waals surface area contributed by atoms with Crippen LogP contribution in [0.15, 0.2) is 46.9 Å². The molecule has 1 fully saturated rings. The first-order chi connectivity index (χ1) is 13.7. The third-order valence-electron chi connectivity index (χ3n) is 4.87. The lowest BCUT2D eigenvalue weighted by atomic mass is 10.1. The van der Waals surface area contributed by atoms with E-state index < -0.39 is 0 Å². The van der Waals surface area contributed by atoms with Gasteiger partial charge in [-0.2, -0.15) is 0 Å². The topological polar surface area (TPSA) is 59.8 Å². The molecule has 2 heterocycles. The molecule has 1 aliphatic rings. The predicted octanol–water partition coefficient (Wildman–Crippen LogP) is 4.02. The van der Waals surface area contributed by atoms with E-state index in [4.69, 9.17) is 0 Å². The lowest BCUT2D eigenvalue weighted by Gasteiger charge is -2.09. The number of hydrogen-bond acceptors (Lipinski definition) is 5. The van der Waals surface area contributed by atoms with E-state index in [0.717, 1.165) is 23.8 Å². The zero-order valence-electron chi connectivity index (χ0n) is 15.9. The average Bonchev–Trinajstić information content (AvgIpc) is 3.24. The van der Waals surface area contributed by atoms with E-state index in [0.29, 0.717) is 18.3 Å². The van der Waals surface area contributed by atoms with E-state index in [1.807, 2.05) is 12.1 Å². The summed E-state index contributed by atoms with van der Waals surface area (Å²) in [5.74, 6) is 1.42. The predicted molar refractivity (Wildman–Crippen MR) is 114 cm³/mol. The van der Waals surface area contributed by atoms with Gasteiger partial charge in [-0.1, -0.05) is 42.1 Å². The van der Waals surface area contributed by atoms with Crippen molar-refractivity contribution in [3.05, 3.63) is 63.6 Å². The minimum Gasteiger partial charge on any atom is -0.355 e. The summed E-state index contributed by atoms with van der Waals surface area (Å²) in [7, 11) is 0. The average molecular weight is 413 g/mol. The number of aryl methyl sites for hydroxylation is 1. The van der Waals surface area contributed by atoms with E-state index in [2.05, 4.69) is 56.7 Å². The number of benzene rings is 1. The molecular formula is C21H24N4OS2. The highest BCUT2D eigenvalue weighted by atomic mass is 32.2. The summed E-state index contributed by atoms with van der Waals surface area (Å²) in [5.41, 5.74) is 2.55. The third kappa shape index (κ3) is 4.83. The second-order valence-electron chi connectivity index (χ2n) is 7.07. The van der Waals surface area contributed by atoms with Crippen LogP contribution in [0.25, 0.3) is 0 Å². The van der Waals surface area contributed by atoms with Gasteiger partial charge in [0.1, 0.15) is 5.82 Å². The Morgan fingerprint density at radius 1 is 1.25 bits per heavy atom. The fourth-order valence-electron chi connectivity index (χ4n) is 3.20. The largest absolute Gasteiger partial charge is 0.355 e. The van der Waals surface area contributed by atoms with E-state index >= 15 is 0 Å². The molecule has 0 bridgehead atoms. The zero-order valence-corrected chi connectivity index (χ0v) is 17.6. The highest BCUT2D eigenvalue weighted by Gasteiger charge is 2.29. The van der Waals surface area contributed by atoms with Crippen molar-refractivity contribution in [2.75, 3.05) is 12.3 Å². The molecule has 0 aliphatic heterocycles. The smallest absolute Gasteiger partial charge is 0.230 e. The first-order valence-corrected chi connectivity index (χ1v) is 11.5. The summed E-state index contributed by atoms with van der Waals surface area (Å²) < 4.78 is 2.24. The summed E-state index contributed by atoms with van der Waals surface area (Å²) in [6.07, 6.45) is 4.01. The Bertz CT molecular complexity index is 932. The van der Waals surface area contributed by atoms with Crippen molar-refractivity contribution < 1.29 is 4.79 Å². The highest BCUT2D eigenvalue weighted by molar-refractivity contribution is 7.99. The molecule has 1 aromatic carbocycles. The quantitative estimate of drug-likeness (QED) is 0.539. The molecule has 1 amide bonds. The van der Waals surface area contributed by atoms with Crippen molar-refractivity contribution in [3.8, 4) is 0 Å². The Morgan fingerprint density at radius 3 is 2.86 bits per heavy atom. The number of hydrogen-bond donors (Lipinski definition) is 1. The van der Waals surface area contributed by atoms with Crippen LogP contribution in [0.5, 0.6) is 0 Å². The standard InChI is InChI=1S/C21H24N4OS2/c1-15-5-2-3-6-16(15)10-11-22-20(26)14-28-21-24-23-19(25(21)17-8-9-17)13-18-7-4-12-27-18/h2-7,12,17H,8-11,13-14H2,1H3,(H,22,26). The number of rotatable bonds is 9. The van der Waals surface area contributed by atoms with Gasteiger partial charge >= 0.3 is 0 Å². The maximum atomic E-state index is 12.3. The lowest BCUT2D eigenvalue weighted by molar-refractivity contribution is -0.118. The van der Waals surface area contributed by atoms with Crippen LogP contribution in [-0.4, -0.2) is 33.0 Å². The SMILES string of the molecule is Cc1ccccc1CCNC(=O)CSc1nnc(Cc2cccs2)n1C1CC1. The Hall–Kier alpha value is -2.12. The van der Waals surface area contributed by atoms with Crippen molar-refractivity contribution in [1.29, 1.82) is 0 Å². The van der Waals surface area contributed by atoms with E-state index in [1.54, 1.807) is 11.3 Å². The van der Waals surface area contributed by atoms with Crippen LogP contribution in [0.4, 0.5) is 0 Å². The number of thiophene rings is 1. The molecule has 4 rings (SSSR count). The molecule has 2 aromatic heterocycles. The van der Waals surface area contributed by atoms with Gasteiger partial charge in [-0.3, -0.25) is 4.79 Å². The molecule has 0 spiro atoms. The molecule has 0 radical (unpaired) electrons. The number of nitrogens with one attached hydrogen (secondary N) is 1. The van der Waals surface area contributed by atoms with Crippen molar-refractivity contribution in [2.45, 2.75) is 43.8 Å². The number of carbonyl (C=O) groups is 1. The van der Waals surface area contributed by atoms with Crippen molar-refractivity contribution in [1.82, 2.24) is 20.1 Å². The van der Waals surface area contributed by atoms with Gasteiger partial charge < -0.3 is 9.88 Å². The number of carbonyl (C=O) groups excluding carboxylic acids is 1. The maximum Gasteiger partial charge on any atom is 0.230 e. The van der Waals surface area contributed by atoms with Gasteiger partial charge in [0.25, 0.3) is 0 Å². The number of thioether (sulfide) groups is 1. The third-order valence-corrected chi connectivity index (χ3v) is 6.69. The van der Waals surface area contributed by atoms with Gasteiger partial charge in [0, 0.05) is 23.9 Å². The molecule has 146 valence electrons. The molecule has 0 unspecified atom stereocenters. The van der Waals surface area contributed by atoms with Crippen molar-refractivity contribution >= 4 is 29.0 Å². The van der Waals surface area contributed by atoms with Crippen molar-refractivity contribution in [3.63, 3.8) is 0 Å². The molecule has 1 N–H and O–H groups in total. The minimum absolute atomic E-state index is 0.0451. The van der Waals surface area contributed by atoms with Gasteiger partial charge in [0.2, 0.25) is 5.91 Å². The van der Waals surface area contributed by atoms with Gasteiger partial charge in [0.05, 0.1) is 5.75 Å². The zero-order chi connectivity index (χ0) is 19.3. The molecule has 28 heavy (non-hydrogen) atoms. The van der Waals surface area contributed by atoms with Crippen LogP contribution in [-0.2, 0) is 17.6 Å². The van der Waals surface area contributed by atoms with Gasteiger partial charge in [-0.25, -0.2) is 0 Å². The second-order valence-corrected chi connectivity index (χ2v) is 9.05. The molecule has 3 aromatic rings. The fraction of sp³-hybridized carbons (Fsp3) is 0.381. The first-order valence-electron chi connectivity index (χ1n) is 9.61. The highest BCUT2D eigenvalue weighted by Crippen LogP contribution is 2.39. The molecule has 0 saturated heterocycles. The van der Waals surface area contributed by atoms with Crippen LogP contribution in [0, 0.1) is 6.92 Å². The summed E-state index contributed by atoms with van der Waals surface area (Å²) >= 11 is 3.23. The minimum atomic E-state index is 0.0451.